The maximum atomic E-state index is 12.3. The fraction of sp³-hybridized carbons (Fsp3) is 0.667. The number of hydrogen-bond acceptors (Lipinski definition) is 2. The van der Waals surface area contributed by atoms with Crippen LogP contribution in [0.25, 0.3) is 0 Å². The summed E-state index contributed by atoms with van der Waals surface area (Å²) in [7, 11) is 1.81. The predicted molar refractivity (Wildman–Crippen MR) is 68.5 cm³/mol. The molecular weight excluding hydrogens is 268 g/mol. The third-order valence-electron chi connectivity index (χ3n) is 2.77. The van der Waals surface area contributed by atoms with Gasteiger partial charge < -0.3 is 0 Å². The van der Waals surface area contributed by atoms with Crippen molar-refractivity contribution in [2.45, 2.75) is 39.5 Å². The fourth-order valence-electron chi connectivity index (χ4n) is 1.98. The van der Waals surface area contributed by atoms with Crippen LogP contribution in [0.5, 0.6) is 0 Å². The Labute approximate surface area is 105 Å². The smallest absolute Gasteiger partial charge is 0.185 e. The van der Waals surface area contributed by atoms with E-state index in [1.54, 1.807) is 10.9 Å². The summed E-state index contributed by atoms with van der Waals surface area (Å²) in [5, 5.41) is 4.09. The minimum atomic E-state index is 0.140. The van der Waals surface area contributed by atoms with Gasteiger partial charge in [0.2, 0.25) is 0 Å². The van der Waals surface area contributed by atoms with Gasteiger partial charge in [0.1, 0.15) is 5.69 Å². The Bertz CT molecular complexity index is 334. The number of aromatic nitrogens is 2. The first-order chi connectivity index (χ1) is 7.61. The van der Waals surface area contributed by atoms with Crippen molar-refractivity contribution >= 4 is 21.7 Å². The molecule has 0 N–H and O–H groups in total. The van der Waals surface area contributed by atoms with E-state index in [0.29, 0.717) is 5.69 Å². The lowest BCUT2D eigenvalue weighted by Gasteiger charge is -2.14. The molecule has 1 aromatic heterocycles. The van der Waals surface area contributed by atoms with E-state index in [4.69, 9.17) is 0 Å². The summed E-state index contributed by atoms with van der Waals surface area (Å²) in [6.45, 7) is 4.24. The van der Waals surface area contributed by atoms with Crippen LogP contribution >= 0.6 is 15.9 Å². The monoisotopic (exact) mass is 286 g/mol. The summed E-state index contributed by atoms with van der Waals surface area (Å²) in [5.74, 6) is 0.359. The van der Waals surface area contributed by atoms with Gasteiger partial charge in [0, 0.05) is 13.0 Å². The molecule has 0 unspecified atom stereocenters. The molecule has 16 heavy (non-hydrogen) atoms. The molecule has 0 aliphatic heterocycles. The molecule has 0 radical (unpaired) electrons. The summed E-state index contributed by atoms with van der Waals surface area (Å²) in [5.41, 5.74) is 0.701. The Morgan fingerprint density at radius 1 is 1.44 bits per heavy atom. The molecule has 0 spiro atoms. The normalized spacial score (nSPS) is 11.1. The van der Waals surface area contributed by atoms with Crippen LogP contribution in [0.3, 0.4) is 0 Å². The molecule has 90 valence electrons. The number of aryl methyl sites for hydroxylation is 1. The van der Waals surface area contributed by atoms with Crippen molar-refractivity contribution in [3.05, 3.63) is 16.4 Å². The highest BCUT2D eigenvalue weighted by molar-refractivity contribution is 9.10. The maximum absolute atomic E-state index is 12.3. The van der Waals surface area contributed by atoms with Gasteiger partial charge in [-0.1, -0.05) is 26.7 Å². The van der Waals surface area contributed by atoms with Crippen LogP contribution in [0, 0.1) is 5.92 Å². The Morgan fingerprint density at radius 3 is 2.38 bits per heavy atom. The molecule has 0 atom stereocenters. The Kier molecular flexibility index (Phi) is 5.19. The Hall–Kier alpha value is -0.640. The molecule has 1 heterocycles. The molecular formula is C12H19BrN2O. The fourth-order valence-corrected chi connectivity index (χ4v) is 2.53. The lowest BCUT2D eigenvalue weighted by Crippen LogP contribution is -2.18. The highest BCUT2D eigenvalue weighted by Gasteiger charge is 2.23. The summed E-state index contributed by atoms with van der Waals surface area (Å²) in [4.78, 5) is 12.3. The van der Waals surface area contributed by atoms with E-state index >= 15 is 0 Å². The number of carbonyl (C=O) groups excluding carboxylic acids is 1. The average molecular weight is 287 g/mol. The van der Waals surface area contributed by atoms with Gasteiger partial charge in [-0.3, -0.25) is 9.48 Å². The van der Waals surface area contributed by atoms with Crippen LogP contribution < -0.4 is 0 Å². The standard InChI is InChI=1S/C12H19BrN2O/c1-4-6-9(7-5-2)12(16)11-10(13)8-14-15(11)3/h8-9H,4-7H2,1-3H3. The molecule has 0 bridgehead atoms. The number of rotatable bonds is 6. The summed E-state index contributed by atoms with van der Waals surface area (Å²) in [6.07, 6.45) is 5.70. The van der Waals surface area contributed by atoms with Crippen molar-refractivity contribution in [3.8, 4) is 0 Å². The first-order valence-corrected chi connectivity index (χ1v) is 6.62. The van der Waals surface area contributed by atoms with E-state index < -0.39 is 0 Å². The lowest BCUT2D eigenvalue weighted by molar-refractivity contribution is 0.0894. The summed E-state index contributed by atoms with van der Waals surface area (Å²) in [6, 6.07) is 0. The second-order valence-electron chi connectivity index (χ2n) is 4.10. The number of halogens is 1. The van der Waals surface area contributed by atoms with Crippen molar-refractivity contribution in [2.24, 2.45) is 13.0 Å². The molecule has 0 saturated carbocycles. The number of nitrogens with zero attached hydrogens (tertiary/aromatic N) is 2. The van der Waals surface area contributed by atoms with Crippen LogP contribution in [0.2, 0.25) is 0 Å². The number of ketones is 1. The van der Waals surface area contributed by atoms with E-state index in [-0.39, 0.29) is 11.7 Å². The molecule has 0 aliphatic rings. The van der Waals surface area contributed by atoms with Gasteiger partial charge in [-0.15, -0.1) is 0 Å². The second-order valence-corrected chi connectivity index (χ2v) is 4.96. The minimum absolute atomic E-state index is 0.140. The molecule has 1 rings (SSSR count). The van der Waals surface area contributed by atoms with E-state index in [1.807, 2.05) is 7.05 Å². The summed E-state index contributed by atoms with van der Waals surface area (Å²) < 4.78 is 2.46. The molecule has 0 fully saturated rings. The van der Waals surface area contributed by atoms with E-state index in [9.17, 15) is 4.79 Å². The van der Waals surface area contributed by atoms with Crippen molar-refractivity contribution < 1.29 is 4.79 Å². The molecule has 0 amide bonds. The van der Waals surface area contributed by atoms with E-state index in [1.165, 1.54) is 0 Å². The molecule has 3 nitrogen and oxygen atoms in total. The van der Waals surface area contributed by atoms with E-state index in [2.05, 4.69) is 34.9 Å². The van der Waals surface area contributed by atoms with Crippen LogP contribution in [0.4, 0.5) is 0 Å². The molecule has 0 aliphatic carbocycles. The van der Waals surface area contributed by atoms with Crippen molar-refractivity contribution in [2.75, 3.05) is 0 Å². The van der Waals surface area contributed by atoms with Gasteiger partial charge in [-0.2, -0.15) is 5.10 Å². The first-order valence-electron chi connectivity index (χ1n) is 5.83. The molecule has 4 heteroatoms. The van der Waals surface area contributed by atoms with Crippen LogP contribution in [-0.2, 0) is 7.05 Å². The largest absolute Gasteiger partial charge is 0.292 e. The van der Waals surface area contributed by atoms with Gasteiger partial charge >= 0.3 is 0 Å². The molecule has 0 saturated heterocycles. The topological polar surface area (TPSA) is 34.9 Å². The highest BCUT2D eigenvalue weighted by Crippen LogP contribution is 2.24. The highest BCUT2D eigenvalue weighted by atomic mass is 79.9. The van der Waals surface area contributed by atoms with Crippen molar-refractivity contribution in [3.63, 3.8) is 0 Å². The number of hydrogen-bond donors (Lipinski definition) is 0. The average Bonchev–Trinajstić information content (AvgIpc) is 2.57. The van der Waals surface area contributed by atoms with Gasteiger partial charge in [-0.05, 0) is 28.8 Å². The Morgan fingerprint density at radius 2 is 2.00 bits per heavy atom. The van der Waals surface area contributed by atoms with Gasteiger partial charge in [0.05, 0.1) is 10.7 Å². The second kappa shape index (κ2) is 6.18. The van der Waals surface area contributed by atoms with Crippen molar-refractivity contribution in [1.29, 1.82) is 0 Å². The zero-order valence-electron chi connectivity index (χ0n) is 10.2. The van der Waals surface area contributed by atoms with Crippen LogP contribution in [0.1, 0.15) is 50.0 Å². The van der Waals surface area contributed by atoms with Crippen LogP contribution in [-0.4, -0.2) is 15.6 Å². The van der Waals surface area contributed by atoms with Gasteiger partial charge in [0.15, 0.2) is 5.78 Å². The molecule has 0 aromatic carbocycles. The lowest BCUT2D eigenvalue weighted by atomic mass is 9.92. The predicted octanol–water partition coefficient (Wildman–Crippen LogP) is 3.58. The van der Waals surface area contributed by atoms with Crippen molar-refractivity contribution in [1.82, 2.24) is 9.78 Å². The maximum Gasteiger partial charge on any atom is 0.185 e. The van der Waals surface area contributed by atoms with E-state index in [0.717, 1.165) is 30.2 Å². The molecule has 1 aromatic rings. The van der Waals surface area contributed by atoms with Crippen LogP contribution in [0.15, 0.2) is 10.7 Å². The SMILES string of the molecule is CCCC(CCC)C(=O)c1c(Br)cnn1C. The third kappa shape index (κ3) is 2.94. The zero-order chi connectivity index (χ0) is 12.1. The van der Waals surface area contributed by atoms with Gasteiger partial charge in [-0.25, -0.2) is 0 Å². The zero-order valence-corrected chi connectivity index (χ0v) is 11.7. The number of Topliss-reactive ketones (excluding diaryl/α,β-unsaturated/α-hetero) is 1. The quantitative estimate of drug-likeness (QED) is 0.749. The third-order valence-corrected chi connectivity index (χ3v) is 3.35. The summed E-state index contributed by atoms with van der Waals surface area (Å²) >= 11 is 3.38. The minimum Gasteiger partial charge on any atom is -0.292 e. The Balaban J connectivity index is 2.89. The first kappa shape index (κ1) is 13.4. The number of carbonyl (C=O) groups is 1. The van der Waals surface area contributed by atoms with Gasteiger partial charge in [0.25, 0.3) is 0 Å².